The van der Waals surface area contributed by atoms with Crippen molar-refractivity contribution in [2.24, 2.45) is 5.84 Å². The number of halogens is 3. The normalized spacial score (nSPS) is 13.2. The lowest BCUT2D eigenvalue weighted by atomic mass is 10.3. The molecule has 108 valence electrons. The summed E-state index contributed by atoms with van der Waals surface area (Å²) >= 11 is 1.69. The first-order valence-corrected chi connectivity index (χ1v) is 6.85. The fourth-order valence-electron chi connectivity index (χ4n) is 1.27. The van der Waals surface area contributed by atoms with E-state index in [-0.39, 0.29) is 11.8 Å². The van der Waals surface area contributed by atoms with E-state index in [1.807, 2.05) is 18.6 Å². The minimum absolute atomic E-state index is 0.101. The number of alkyl halides is 3. The van der Waals surface area contributed by atoms with Gasteiger partial charge >= 0.3 is 6.18 Å². The third-order valence-corrected chi connectivity index (χ3v) is 3.45. The Hall–Kier alpha value is -1.22. The summed E-state index contributed by atoms with van der Waals surface area (Å²) in [6, 6.07) is 0.866. The largest absolute Gasteiger partial charge is 0.433 e. The fraction of sp³-hybridized carbons (Fsp3) is 0.600. The number of nitrogen functional groups attached to an aromatic ring is 1. The van der Waals surface area contributed by atoms with Crippen LogP contribution in [0.25, 0.3) is 0 Å². The first kappa shape index (κ1) is 15.8. The third-order valence-electron chi connectivity index (χ3n) is 2.41. The Morgan fingerprint density at radius 1 is 1.42 bits per heavy atom. The maximum atomic E-state index is 12.6. The van der Waals surface area contributed by atoms with E-state index in [1.54, 1.807) is 11.8 Å². The molecule has 0 spiro atoms. The molecule has 0 aliphatic rings. The van der Waals surface area contributed by atoms with Gasteiger partial charge in [0.25, 0.3) is 0 Å². The molecule has 0 amide bonds. The average Bonchev–Trinajstić information content (AvgIpc) is 2.37. The lowest BCUT2D eigenvalue weighted by Gasteiger charge is -2.12. The van der Waals surface area contributed by atoms with E-state index < -0.39 is 11.9 Å². The van der Waals surface area contributed by atoms with Gasteiger partial charge in [0.15, 0.2) is 5.69 Å². The number of nitrogens with zero attached hydrogens (tertiary/aromatic N) is 2. The van der Waals surface area contributed by atoms with Crippen molar-refractivity contribution >= 4 is 23.5 Å². The van der Waals surface area contributed by atoms with Crippen LogP contribution in [0.1, 0.15) is 19.0 Å². The molecular weight excluding hydrogens is 279 g/mol. The third kappa shape index (κ3) is 5.11. The maximum Gasteiger partial charge on any atom is 0.433 e. The van der Waals surface area contributed by atoms with Gasteiger partial charge in [0, 0.05) is 17.9 Å². The lowest BCUT2D eigenvalue weighted by molar-refractivity contribution is -0.141. The molecule has 0 aliphatic carbocycles. The van der Waals surface area contributed by atoms with Gasteiger partial charge in [-0.3, -0.25) is 5.43 Å². The quantitative estimate of drug-likeness (QED) is 0.552. The Bertz CT molecular complexity index is 413. The van der Waals surface area contributed by atoms with Crippen LogP contribution >= 0.6 is 11.8 Å². The molecule has 0 saturated carbocycles. The second-order valence-corrected chi connectivity index (χ2v) is 5.14. The number of hydrogen-bond donors (Lipinski definition) is 3. The van der Waals surface area contributed by atoms with E-state index in [4.69, 9.17) is 5.84 Å². The Labute approximate surface area is 113 Å². The summed E-state index contributed by atoms with van der Waals surface area (Å²) in [7, 11) is 0. The molecule has 4 N–H and O–H groups in total. The van der Waals surface area contributed by atoms with Gasteiger partial charge in [0.2, 0.25) is 5.95 Å². The van der Waals surface area contributed by atoms with Gasteiger partial charge < -0.3 is 5.32 Å². The molecular formula is C10H16F3N5S. The summed E-state index contributed by atoms with van der Waals surface area (Å²) < 4.78 is 37.8. The van der Waals surface area contributed by atoms with E-state index in [1.165, 1.54) is 0 Å². The zero-order valence-corrected chi connectivity index (χ0v) is 11.4. The van der Waals surface area contributed by atoms with Gasteiger partial charge in [-0.05, 0) is 12.7 Å². The number of aromatic nitrogens is 2. The van der Waals surface area contributed by atoms with Gasteiger partial charge in [-0.15, -0.1) is 0 Å². The highest BCUT2D eigenvalue weighted by molar-refractivity contribution is 7.99. The van der Waals surface area contributed by atoms with Crippen molar-refractivity contribution < 1.29 is 13.2 Å². The highest BCUT2D eigenvalue weighted by atomic mass is 32.2. The van der Waals surface area contributed by atoms with Crippen LogP contribution in [0.3, 0.4) is 0 Å². The molecule has 1 heterocycles. The molecule has 0 bridgehead atoms. The fourth-order valence-corrected chi connectivity index (χ4v) is 1.62. The second kappa shape index (κ2) is 6.80. The van der Waals surface area contributed by atoms with Crippen LogP contribution in [-0.4, -0.2) is 28.0 Å². The van der Waals surface area contributed by atoms with E-state index >= 15 is 0 Å². The SMILES string of the molecule is CSC(C)CCNc1cc(C(F)(F)F)nc(NN)n1. The molecule has 1 aromatic rings. The zero-order valence-electron chi connectivity index (χ0n) is 10.6. The minimum Gasteiger partial charge on any atom is -0.370 e. The van der Waals surface area contributed by atoms with Crippen molar-refractivity contribution in [2.75, 3.05) is 23.5 Å². The van der Waals surface area contributed by atoms with Crippen LogP contribution in [0.15, 0.2) is 6.07 Å². The summed E-state index contributed by atoms with van der Waals surface area (Å²) in [5, 5.41) is 3.26. The minimum atomic E-state index is -4.53. The Morgan fingerprint density at radius 2 is 2.11 bits per heavy atom. The van der Waals surface area contributed by atoms with Crippen LogP contribution < -0.4 is 16.6 Å². The molecule has 1 unspecified atom stereocenters. The number of nitrogens with two attached hydrogens (primary N) is 1. The van der Waals surface area contributed by atoms with Gasteiger partial charge in [0.1, 0.15) is 5.82 Å². The second-order valence-electron chi connectivity index (χ2n) is 3.87. The molecule has 0 saturated heterocycles. The molecule has 1 rings (SSSR count). The van der Waals surface area contributed by atoms with Crippen molar-refractivity contribution in [3.8, 4) is 0 Å². The summed E-state index contributed by atoms with van der Waals surface area (Å²) in [6.07, 6.45) is -1.73. The Balaban J connectivity index is 2.77. The summed E-state index contributed by atoms with van der Waals surface area (Å²) in [5.41, 5.74) is 0.992. The van der Waals surface area contributed by atoms with E-state index in [0.29, 0.717) is 11.8 Å². The summed E-state index contributed by atoms with van der Waals surface area (Å²) in [4.78, 5) is 7.09. The van der Waals surface area contributed by atoms with Crippen molar-refractivity contribution in [1.82, 2.24) is 9.97 Å². The maximum absolute atomic E-state index is 12.6. The van der Waals surface area contributed by atoms with Crippen molar-refractivity contribution in [3.63, 3.8) is 0 Å². The smallest absolute Gasteiger partial charge is 0.370 e. The van der Waals surface area contributed by atoms with Crippen LogP contribution in [0, 0.1) is 0 Å². The van der Waals surface area contributed by atoms with Gasteiger partial charge in [0.05, 0.1) is 0 Å². The van der Waals surface area contributed by atoms with Crippen molar-refractivity contribution in [3.05, 3.63) is 11.8 Å². The number of hydrogen-bond acceptors (Lipinski definition) is 6. The van der Waals surface area contributed by atoms with Crippen molar-refractivity contribution in [2.45, 2.75) is 24.8 Å². The predicted octanol–water partition coefficient (Wildman–Crippen LogP) is 2.33. The first-order chi connectivity index (χ1) is 8.86. The number of thioether (sulfide) groups is 1. The topological polar surface area (TPSA) is 75.9 Å². The van der Waals surface area contributed by atoms with Crippen molar-refractivity contribution in [1.29, 1.82) is 0 Å². The Morgan fingerprint density at radius 3 is 2.63 bits per heavy atom. The molecule has 0 radical (unpaired) electrons. The molecule has 19 heavy (non-hydrogen) atoms. The predicted molar refractivity (Wildman–Crippen MR) is 70.9 cm³/mol. The number of rotatable bonds is 6. The summed E-state index contributed by atoms with van der Waals surface area (Å²) in [6.45, 7) is 2.57. The van der Waals surface area contributed by atoms with Gasteiger partial charge in [-0.25, -0.2) is 10.8 Å². The number of nitrogens with one attached hydrogen (secondary N) is 2. The first-order valence-electron chi connectivity index (χ1n) is 5.56. The molecule has 0 aromatic carbocycles. The molecule has 9 heteroatoms. The highest BCUT2D eigenvalue weighted by Crippen LogP contribution is 2.29. The van der Waals surface area contributed by atoms with E-state index in [2.05, 4.69) is 15.3 Å². The van der Waals surface area contributed by atoms with Gasteiger partial charge in [-0.1, -0.05) is 6.92 Å². The van der Waals surface area contributed by atoms with E-state index in [9.17, 15) is 13.2 Å². The zero-order chi connectivity index (χ0) is 14.5. The standard InChI is InChI=1S/C10H16F3N5S/c1-6(19-2)3-4-15-8-5-7(10(11,12)13)16-9(17-8)18-14/h5-6H,3-4,14H2,1-2H3,(H2,15,16,17,18). The van der Waals surface area contributed by atoms with Gasteiger partial charge in [-0.2, -0.15) is 29.9 Å². The number of anilines is 2. The molecule has 1 aromatic heterocycles. The summed E-state index contributed by atoms with van der Waals surface area (Å²) in [5.74, 6) is 4.89. The highest BCUT2D eigenvalue weighted by Gasteiger charge is 2.33. The van der Waals surface area contributed by atoms with Crippen LogP contribution in [0.4, 0.5) is 24.9 Å². The molecule has 0 aliphatic heterocycles. The molecule has 1 atom stereocenters. The average molecular weight is 295 g/mol. The monoisotopic (exact) mass is 295 g/mol. The van der Waals surface area contributed by atoms with Crippen LogP contribution in [0.5, 0.6) is 0 Å². The van der Waals surface area contributed by atoms with E-state index in [0.717, 1.165) is 12.5 Å². The van der Waals surface area contributed by atoms with Crippen LogP contribution in [-0.2, 0) is 6.18 Å². The van der Waals surface area contributed by atoms with Crippen LogP contribution in [0.2, 0.25) is 0 Å². The Kier molecular flexibility index (Phi) is 5.67. The molecule has 0 fully saturated rings. The molecule has 5 nitrogen and oxygen atoms in total. The lowest BCUT2D eigenvalue weighted by Crippen LogP contribution is -2.17. The number of hydrazine groups is 1.